The summed E-state index contributed by atoms with van der Waals surface area (Å²) >= 11 is 0. The molecule has 1 aliphatic heterocycles. The van der Waals surface area contributed by atoms with Crippen LogP contribution in [0, 0.1) is 5.82 Å². The fraction of sp³-hybridized carbons (Fsp3) is 0.244. The summed E-state index contributed by atoms with van der Waals surface area (Å²) < 4.78 is 22.2. The van der Waals surface area contributed by atoms with Crippen molar-refractivity contribution in [2.24, 2.45) is 7.05 Å². The average Bonchev–Trinajstić information content (AvgIpc) is 3.48. The van der Waals surface area contributed by atoms with E-state index in [9.17, 15) is 28.4 Å². The lowest BCUT2D eigenvalue weighted by molar-refractivity contribution is -0.135. The highest BCUT2D eigenvalue weighted by molar-refractivity contribution is 6.01. The summed E-state index contributed by atoms with van der Waals surface area (Å²) in [5.74, 6) is -0.662. The number of aromatic nitrogens is 6. The largest absolute Gasteiger partial charge is 0.494 e. The standard InChI is InChI=1S/C41H40FN11O6/c1-43-39(56)27-22-46-34(18-29(27)49-28-9-6-8-26(36(28)59-3)37-47-20-25(42)21-48-37)50-33-14-11-24(19-45-33)38(55)44-16-5-4-7-23-10-12-30-32(17-23)52(2)41(58)53(30)31-13-15-35(54)51-40(31)57/h6,8-12,14,17-22,31H,4-5,7,13,15-16H2,1-3H3,(H,43,56)(H,44,55)(H,51,54,57)(H2,45,46,49,50). The maximum atomic E-state index is 13.5. The molecule has 1 unspecified atom stereocenters. The number of para-hydroxylation sites is 1. The van der Waals surface area contributed by atoms with E-state index in [1.807, 2.05) is 18.2 Å². The molecule has 0 bridgehead atoms. The van der Waals surface area contributed by atoms with Gasteiger partial charge in [0.2, 0.25) is 11.8 Å². The third-order valence-electron chi connectivity index (χ3n) is 9.86. The second-order valence-corrected chi connectivity index (χ2v) is 13.7. The minimum absolute atomic E-state index is 0.176. The van der Waals surface area contributed by atoms with Crippen LogP contribution in [0.2, 0.25) is 0 Å². The molecule has 18 heteroatoms. The Morgan fingerprint density at radius 1 is 0.881 bits per heavy atom. The number of unbranched alkanes of at least 4 members (excludes halogenated alkanes) is 1. The number of hydrogen-bond acceptors (Lipinski definition) is 12. The van der Waals surface area contributed by atoms with Crippen LogP contribution in [0.15, 0.2) is 84.2 Å². The highest BCUT2D eigenvalue weighted by Crippen LogP contribution is 2.37. The average molecular weight is 802 g/mol. The van der Waals surface area contributed by atoms with Crippen LogP contribution < -0.4 is 37.0 Å². The summed E-state index contributed by atoms with van der Waals surface area (Å²) in [7, 11) is 4.65. The number of benzene rings is 2. The molecule has 5 N–H and O–H groups in total. The van der Waals surface area contributed by atoms with E-state index < -0.39 is 17.8 Å². The Kier molecular flexibility index (Phi) is 11.7. The molecule has 302 valence electrons. The van der Waals surface area contributed by atoms with Crippen LogP contribution in [-0.4, -0.2) is 73.4 Å². The number of pyridine rings is 2. The van der Waals surface area contributed by atoms with Crippen molar-refractivity contribution in [1.82, 2.24) is 45.0 Å². The van der Waals surface area contributed by atoms with Gasteiger partial charge in [-0.2, -0.15) is 0 Å². The molecule has 17 nitrogen and oxygen atoms in total. The van der Waals surface area contributed by atoms with Gasteiger partial charge in [0.15, 0.2) is 17.4 Å². The number of fused-ring (bicyclic) bond motifs is 1. The summed E-state index contributed by atoms with van der Waals surface area (Å²) in [6.45, 7) is 0.438. The van der Waals surface area contributed by atoms with Crippen molar-refractivity contribution in [2.45, 2.75) is 38.1 Å². The summed E-state index contributed by atoms with van der Waals surface area (Å²) in [5, 5.41) is 14.2. The lowest BCUT2D eigenvalue weighted by atomic mass is 10.0. The summed E-state index contributed by atoms with van der Waals surface area (Å²) in [5.41, 5.74) is 4.03. The Hall–Kier alpha value is -7.50. The van der Waals surface area contributed by atoms with E-state index in [2.05, 4.69) is 46.5 Å². The van der Waals surface area contributed by atoms with Crippen molar-refractivity contribution < 1.29 is 28.3 Å². The number of hydrogen-bond donors (Lipinski definition) is 5. The molecule has 0 spiro atoms. The molecule has 2 aromatic carbocycles. The summed E-state index contributed by atoms with van der Waals surface area (Å²) in [6, 6.07) is 15.1. The first-order valence-electron chi connectivity index (χ1n) is 18.7. The van der Waals surface area contributed by atoms with Crippen LogP contribution >= 0.6 is 0 Å². The normalized spacial score (nSPS) is 13.8. The van der Waals surface area contributed by atoms with Crippen molar-refractivity contribution in [3.05, 3.63) is 112 Å². The number of anilines is 4. The minimum Gasteiger partial charge on any atom is -0.494 e. The van der Waals surface area contributed by atoms with Crippen molar-refractivity contribution in [1.29, 1.82) is 0 Å². The Morgan fingerprint density at radius 2 is 1.68 bits per heavy atom. The van der Waals surface area contributed by atoms with Crippen LogP contribution in [0.3, 0.4) is 0 Å². The van der Waals surface area contributed by atoms with E-state index in [1.54, 1.807) is 43.4 Å². The van der Waals surface area contributed by atoms with Gasteiger partial charge in [-0.1, -0.05) is 12.1 Å². The van der Waals surface area contributed by atoms with E-state index in [1.165, 1.54) is 35.7 Å². The molecule has 4 amide bonds. The molecule has 5 heterocycles. The molecule has 1 aliphatic rings. The number of carbonyl (C=O) groups is 4. The molecule has 0 aliphatic carbocycles. The zero-order chi connectivity index (χ0) is 41.6. The maximum Gasteiger partial charge on any atom is 0.329 e. The van der Waals surface area contributed by atoms with E-state index in [0.29, 0.717) is 70.3 Å². The minimum atomic E-state index is -0.739. The molecule has 0 radical (unpaired) electrons. The van der Waals surface area contributed by atoms with Crippen LogP contribution in [-0.2, 0) is 23.1 Å². The van der Waals surface area contributed by atoms with Gasteiger partial charge in [0.05, 0.1) is 58.6 Å². The number of imidazole rings is 1. The number of rotatable bonds is 14. The van der Waals surface area contributed by atoms with Gasteiger partial charge in [-0.25, -0.2) is 29.1 Å². The van der Waals surface area contributed by atoms with E-state index in [-0.39, 0.29) is 47.6 Å². The Morgan fingerprint density at radius 3 is 2.41 bits per heavy atom. The lowest BCUT2D eigenvalue weighted by Gasteiger charge is -2.21. The Bertz CT molecular complexity index is 2630. The van der Waals surface area contributed by atoms with Gasteiger partial charge in [0.1, 0.15) is 17.7 Å². The fourth-order valence-electron chi connectivity index (χ4n) is 6.86. The maximum absolute atomic E-state index is 13.5. The predicted molar refractivity (Wildman–Crippen MR) is 216 cm³/mol. The monoisotopic (exact) mass is 801 g/mol. The van der Waals surface area contributed by atoms with Crippen LogP contribution in [0.1, 0.15) is 58.0 Å². The number of aryl methyl sites for hydroxylation is 2. The van der Waals surface area contributed by atoms with Crippen LogP contribution in [0.5, 0.6) is 5.75 Å². The molecule has 1 saturated heterocycles. The number of carbonyl (C=O) groups excluding carboxylic acids is 4. The zero-order valence-corrected chi connectivity index (χ0v) is 32.3. The number of nitrogens with zero attached hydrogens (tertiary/aromatic N) is 6. The number of nitrogens with one attached hydrogen (secondary N) is 5. The van der Waals surface area contributed by atoms with Crippen LogP contribution in [0.25, 0.3) is 22.4 Å². The third kappa shape index (κ3) is 8.60. The fourth-order valence-corrected chi connectivity index (χ4v) is 6.86. The van der Waals surface area contributed by atoms with Gasteiger partial charge in [-0.3, -0.25) is 33.6 Å². The first kappa shape index (κ1) is 39.7. The van der Waals surface area contributed by atoms with Gasteiger partial charge in [0, 0.05) is 45.5 Å². The first-order chi connectivity index (χ1) is 28.5. The van der Waals surface area contributed by atoms with E-state index >= 15 is 0 Å². The van der Waals surface area contributed by atoms with Gasteiger partial charge in [-0.15, -0.1) is 0 Å². The molecule has 0 saturated carbocycles. The van der Waals surface area contributed by atoms with Crippen molar-refractivity contribution in [3.8, 4) is 17.1 Å². The molecule has 6 aromatic rings. The number of methoxy groups -OCH3 is 1. The number of amides is 4. The smallest absolute Gasteiger partial charge is 0.329 e. The number of halogens is 1. The van der Waals surface area contributed by atoms with Gasteiger partial charge in [-0.05, 0) is 67.6 Å². The quantitative estimate of drug-likeness (QED) is 0.0770. The molecule has 1 atom stereocenters. The second-order valence-electron chi connectivity index (χ2n) is 13.7. The predicted octanol–water partition coefficient (Wildman–Crippen LogP) is 4.31. The molecule has 7 rings (SSSR count). The highest BCUT2D eigenvalue weighted by atomic mass is 19.1. The topological polar surface area (TPSA) is 216 Å². The highest BCUT2D eigenvalue weighted by Gasteiger charge is 2.31. The second kappa shape index (κ2) is 17.3. The number of imide groups is 1. The number of ether oxygens (including phenoxy) is 1. The van der Waals surface area contributed by atoms with Crippen molar-refractivity contribution in [2.75, 3.05) is 31.3 Å². The van der Waals surface area contributed by atoms with E-state index in [0.717, 1.165) is 24.4 Å². The summed E-state index contributed by atoms with van der Waals surface area (Å²) in [6.07, 6.45) is 7.63. The summed E-state index contributed by atoms with van der Waals surface area (Å²) in [4.78, 5) is 79.8. The Labute approximate surface area is 336 Å². The zero-order valence-electron chi connectivity index (χ0n) is 32.3. The lowest BCUT2D eigenvalue weighted by Crippen LogP contribution is -2.44. The molecule has 59 heavy (non-hydrogen) atoms. The van der Waals surface area contributed by atoms with Gasteiger partial charge < -0.3 is 26.0 Å². The third-order valence-corrected chi connectivity index (χ3v) is 9.86. The van der Waals surface area contributed by atoms with Gasteiger partial charge in [0.25, 0.3) is 11.8 Å². The van der Waals surface area contributed by atoms with E-state index in [4.69, 9.17) is 4.74 Å². The SMILES string of the molecule is CNC(=O)c1cnc(Nc2ccc(C(=O)NCCCCc3ccc4c(c3)n(C)c(=O)n4C3CCC(=O)NC3=O)cn2)cc1Nc1cccc(-c2ncc(F)cn2)c1OC. The molecule has 4 aromatic heterocycles. The molecular formula is C41H40FN11O6. The van der Waals surface area contributed by atoms with Crippen molar-refractivity contribution in [3.63, 3.8) is 0 Å². The molecule has 1 fully saturated rings. The number of piperidine rings is 1. The van der Waals surface area contributed by atoms with Gasteiger partial charge >= 0.3 is 5.69 Å². The van der Waals surface area contributed by atoms with Crippen LogP contribution in [0.4, 0.5) is 27.4 Å². The Balaban J connectivity index is 0.949. The van der Waals surface area contributed by atoms with Crippen molar-refractivity contribution >= 4 is 57.7 Å². The first-order valence-corrected chi connectivity index (χ1v) is 18.7. The molecular weight excluding hydrogens is 762 g/mol.